The second kappa shape index (κ2) is 7.31. The Hall–Kier alpha value is -2.30. The van der Waals surface area contributed by atoms with Gasteiger partial charge in [-0.1, -0.05) is 57.8 Å². The van der Waals surface area contributed by atoms with Gasteiger partial charge in [-0.2, -0.15) is 0 Å². The maximum atomic E-state index is 5.86. The summed E-state index contributed by atoms with van der Waals surface area (Å²) in [5.41, 5.74) is 2.55. The second-order valence-corrected chi connectivity index (χ2v) is 5.62. The molecule has 0 saturated carbocycles. The maximum Gasteiger partial charge on any atom is 0.177 e. The molecule has 0 aliphatic heterocycles. The molecule has 0 atom stereocenters. The molecular formula is C17H12Cl2N2O2. The summed E-state index contributed by atoms with van der Waals surface area (Å²) in [5, 5.41) is 9.24. The highest BCUT2D eigenvalue weighted by atomic mass is 35.5. The second-order valence-electron chi connectivity index (χ2n) is 4.74. The van der Waals surface area contributed by atoms with Crippen LogP contribution in [0.25, 0.3) is 11.3 Å². The van der Waals surface area contributed by atoms with Crippen molar-refractivity contribution in [1.29, 1.82) is 0 Å². The third-order valence-corrected chi connectivity index (χ3v) is 3.56. The molecule has 0 unspecified atom stereocenters. The molecule has 116 valence electrons. The molecule has 0 N–H and O–H groups in total. The van der Waals surface area contributed by atoms with Crippen LogP contribution < -0.4 is 0 Å². The zero-order valence-corrected chi connectivity index (χ0v) is 13.5. The van der Waals surface area contributed by atoms with Crippen molar-refractivity contribution in [2.75, 3.05) is 0 Å². The van der Waals surface area contributed by atoms with E-state index >= 15 is 0 Å². The van der Waals surface area contributed by atoms with Gasteiger partial charge in [0.1, 0.15) is 5.69 Å². The van der Waals surface area contributed by atoms with Gasteiger partial charge in [-0.15, -0.1) is 0 Å². The van der Waals surface area contributed by atoms with Crippen LogP contribution in [-0.4, -0.2) is 11.4 Å². The highest BCUT2D eigenvalue weighted by molar-refractivity contribution is 6.30. The Kier molecular flexibility index (Phi) is 4.95. The van der Waals surface area contributed by atoms with Crippen molar-refractivity contribution in [1.82, 2.24) is 5.16 Å². The Balaban J connectivity index is 1.57. The van der Waals surface area contributed by atoms with Gasteiger partial charge < -0.3 is 9.36 Å². The quantitative estimate of drug-likeness (QED) is 0.471. The first-order chi connectivity index (χ1) is 11.2. The monoisotopic (exact) mass is 346 g/mol. The van der Waals surface area contributed by atoms with Gasteiger partial charge in [0, 0.05) is 21.7 Å². The van der Waals surface area contributed by atoms with Crippen LogP contribution in [-0.2, 0) is 11.4 Å². The molecule has 0 aliphatic rings. The highest BCUT2D eigenvalue weighted by Crippen LogP contribution is 2.21. The lowest BCUT2D eigenvalue weighted by Crippen LogP contribution is -1.86. The van der Waals surface area contributed by atoms with E-state index in [1.807, 2.05) is 24.3 Å². The lowest BCUT2D eigenvalue weighted by molar-refractivity contribution is 0.110. The molecule has 0 bridgehead atoms. The largest absolute Gasteiger partial charge is 0.387 e. The van der Waals surface area contributed by atoms with Crippen LogP contribution in [0.4, 0.5) is 0 Å². The van der Waals surface area contributed by atoms with Crippen LogP contribution in [0.2, 0.25) is 10.0 Å². The summed E-state index contributed by atoms with van der Waals surface area (Å²) < 4.78 is 5.22. The van der Waals surface area contributed by atoms with Crippen LogP contribution in [0.15, 0.2) is 64.3 Å². The minimum atomic E-state index is 0.199. The molecule has 1 heterocycles. The molecule has 0 aliphatic carbocycles. The molecule has 0 spiro atoms. The number of oxime groups is 1. The van der Waals surface area contributed by atoms with Crippen molar-refractivity contribution in [3.63, 3.8) is 0 Å². The van der Waals surface area contributed by atoms with Crippen molar-refractivity contribution in [2.24, 2.45) is 5.16 Å². The number of benzene rings is 2. The molecule has 1 aromatic heterocycles. The number of nitrogens with zero attached hydrogens (tertiary/aromatic N) is 2. The molecule has 0 amide bonds. The fourth-order valence-corrected chi connectivity index (χ4v) is 2.14. The summed E-state index contributed by atoms with van der Waals surface area (Å²) >= 11 is 11.7. The van der Waals surface area contributed by atoms with Crippen LogP contribution in [0.5, 0.6) is 0 Å². The van der Waals surface area contributed by atoms with E-state index in [9.17, 15) is 0 Å². The van der Waals surface area contributed by atoms with Gasteiger partial charge in [-0.25, -0.2) is 0 Å². The first kappa shape index (κ1) is 15.6. The Morgan fingerprint density at radius 1 is 1.00 bits per heavy atom. The van der Waals surface area contributed by atoms with Crippen molar-refractivity contribution < 1.29 is 9.36 Å². The third kappa shape index (κ3) is 4.34. The highest BCUT2D eigenvalue weighted by Gasteiger charge is 2.06. The Labute approximate surface area is 143 Å². The summed E-state index contributed by atoms with van der Waals surface area (Å²) in [6, 6.07) is 16.4. The van der Waals surface area contributed by atoms with E-state index in [-0.39, 0.29) is 6.61 Å². The zero-order valence-electron chi connectivity index (χ0n) is 11.9. The summed E-state index contributed by atoms with van der Waals surface area (Å²) in [6.07, 6.45) is 1.60. The SMILES string of the molecule is Clc1ccc(/C=N/OCc2cc(-c3ccc(Cl)cc3)no2)cc1. The van der Waals surface area contributed by atoms with E-state index in [1.54, 1.807) is 36.5 Å². The topological polar surface area (TPSA) is 47.6 Å². The number of aromatic nitrogens is 1. The van der Waals surface area contributed by atoms with Gasteiger partial charge in [0.15, 0.2) is 12.4 Å². The molecule has 0 radical (unpaired) electrons. The van der Waals surface area contributed by atoms with Gasteiger partial charge in [-0.3, -0.25) is 0 Å². The minimum Gasteiger partial charge on any atom is -0.387 e. The smallest absolute Gasteiger partial charge is 0.177 e. The fraction of sp³-hybridized carbons (Fsp3) is 0.0588. The summed E-state index contributed by atoms with van der Waals surface area (Å²) in [5.74, 6) is 0.586. The molecule has 4 nitrogen and oxygen atoms in total. The molecule has 6 heteroatoms. The van der Waals surface area contributed by atoms with Gasteiger partial charge >= 0.3 is 0 Å². The Bertz CT molecular complexity index is 796. The van der Waals surface area contributed by atoms with E-state index in [0.717, 1.165) is 16.8 Å². The molecule has 23 heavy (non-hydrogen) atoms. The molecule has 2 aromatic carbocycles. The average molecular weight is 347 g/mol. The van der Waals surface area contributed by atoms with Crippen molar-refractivity contribution in [3.8, 4) is 11.3 Å². The van der Waals surface area contributed by atoms with E-state index in [0.29, 0.717) is 15.8 Å². The van der Waals surface area contributed by atoms with Crippen LogP contribution in [0.3, 0.4) is 0 Å². The van der Waals surface area contributed by atoms with E-state index in [4.69, 9.17) is 32.6 Å². The van der Waals surface area contributed by atoms with Gasteiger partial charge in [0.25, 0.3) is 0 Å². The third-order valence-electron chi connectivity index (χ3n) is 3.05. The van der Waals surface area contributed by atoms with Crippen LogP contribution >= 0.6 is 23.2 Å². The molecular weight excluding hydrogens is 335 g/mol. The first-order valence-corrected chi connectivity index (χ1v) is 7.59. The van der Waals surface area contributed by atoms with Crippen LogP contribution in [0.1, 0.15) is 11.3 Å². The first-order valence-electron chi connectivity index (χ1n) is 6.83. The lowest BCUT2D eigenvalue weighted by Gasteiger charge is -1.95. The molecule has 0 saturated heterocycles. The van der Waals surface area contributed by atoms with Crippen LogP contribution in [0, 0.1) is 0 Å². The lowest BCUT2D eigenvalue weighted by atomic mass is 10.1. The Morgan fingerprint density at radius 3 is 2.35 bits per heavy atom. The van der Waals surface area contributed by atoms with Crippen molar-refractivity contribution in [3.05, 3.63) is 76.0 Å². The normalized spacial score (nSPS) is 11.0. The van der Waals surface area contributed by atoms with Crippen molar-refractivity contribution in [2.45, 2.75) is 6.61 Å². The molecule has 0 fully saturated rings. The van der Waals surface area contributed by atoms with Gasteiger partial charge in [0.05, 0.1) is 6.21 Å². The maximum absolute atomic E-state index is 5.86. The molecule has 3 rings (SSSR count). The summed E-state index contributed by atoms with van der Waals surface area (Å²) in [7, 11) is 0. The molecule has 3 aromatic rings. The van der Waals surface area contributed by atoms with E-state index in [2.05, 4.69) is 10.3 Å². The Morgan fingerprint density at radius 2 is 1.65 bits per heavy atom. The van der Waals surface area contributed by atoms with E-state index < -0.39 is 0 Å². The fourth-order valence-electron chi connectivity index (χ4n) is 1.89. The summed E-state index contributed by atoms with van der Waals surface area (Å²) in [6.45, 7) is 0.199. The minimum absolute atomic E-state index is 0.199. The van der Waals surface area contributed by atoms with E-state index in [1.165, 1.54) is 0 Å². The number of halogens is 2. The summed E-state index contributed by atoms with van der Waals surface area (Å²) in [4.78, 5) is 5.20. The van der Waals surface area contributed by atoms with Gasteiger partial charge in [-0.05, 0) is 29.8 Å². The average Bonchev–Trinajstić information content (AvgIpc) is 3.03. The van der Waals surface area contributed by atoms with Crippen molar-refractivity contribution >= 4 is 29.4 Å². The zero-order chi connectivity index (χ0) is 16.1. The predicted molar refractivity (Wildman–Crippen MR) is 90.8 cm³/mol. The predicted octanol–water partition coefficient (Wildman–Crippen LogP) is 5.20. The number of hydrogen-bond donors (Lipinski definition) is 0. The van der Waals surface area contributed by atoms with Gasteiger partial charge in [0.2, 0.25) is 0 Å². The number of hydrogen-bond acceptors (Lipinski definition) is 4. The number of rotatable bonds is 5. The standard InChI is InChI=1S/C17H12Cl2N2O2/c18-14-5-1-12(2-6-14)10-20-22-11-16-9-17(21-23-16)13-3-7-15(19)8-4-13/h1-10H,11H2/b20-10+.